The second-order valence-electron chi connectivity index (χ2n) is 5.81. The molecular formula is C13H22N2O2. The van der Waals surface area contributed by atoms with Gasteiger partial charge < -0.3 is 10.2 Å². The van der Waals surface area contributed by atoms with E-state index in [0.717, 1.165) is 19.3 Å². The van der Waals surface area contributed by atoms with Crippen molar-refractivity contribution in [3.8, 4) is 0 Å². The second kappa shape index (κ2) is 4.00. The maximum atomic E-state index is 12.5. The van der Waals surface area contributed by atoms with Crippen LogP contribution < -0.4 is 5.32 Å². The van der Waals surface area contributed by atoms with Gasteiger partial charge in [-0.2, -0.15) is 0 Å². The van der Waals surface area contributed by atoms with Crippen molar-refractivity contribution in [1.29, 1.82) is 0 Å². The third kappa shape index (κ3) is 1.94. The summed E-state index contributed by atoms with van der Waals surface area (Å²) < 4.78 is 0. The molecule has 0 aromatic carbocycles. The van der Waals surface area contributed by atoms with Crippen LogP contribution in [-0.4, -0.2) is 34.3 Å². The minimum Gasteiger partial charge on any atom is -0.342 e. The molecule has 1 heterocycles. The Labute approximate surface area is 103 Å². The molecule has 2 fully saturated rings. The highest BCUT2D eigenvalue weighted by atomic mass is 16.2. The first-order valence-corrected chi connectivity index (χ1v) is 6.54. The number of rotatable bonds is 2. The molecule has 0 bridgehead atoms. The van der Waals surface area contributed by atoms with E-state index in [4.69, 9.17) is 0 Å². The fraction of sp³-hybridized carbons (Fsp3) is 0.846. The van der Waals surface area contributed by atoms with E-state index in [-0.39, 0.29) is 17.4 Å². The molecule has 0 aromatic rings. The highest BCUT2D eigenvalue weighted by molar-refractivity contribution is 5.93. The molecule has 1 N–H and O–H groups in total. The smallest absolute Gasteiger partial charge is 0.248 e. The lowest BCUT2D eigenvalue weighted by Crippen LogP contribution is -2.62. The van der Waals surface area contributed by atoms with Gasteiger partial charge in [0.1, 0.15) is 5.54 Å². The van der Waals surface area contributed by atoms with E-state index in [1.165, 1.54) is 6.42 Å². The summed E-state index contributed by atoms with van der Waals surface area (Å²) in [6.07, 6.45) is 4.78. The molecule has 1 saturated carbocycles. The van der Waals surface area contributed by atoms with Gasteiger partial charge in [-0.05, 0) is 39.5 Å². The molecule has 0 unspecified atom stereocenters. The van der Waals surface area contributed by atoms with Crippen LogP contribution in [0.2, 0.25) is 0 Å². The lowest BCUT2D eigenvalue weighted by atomic mass is 9.72. The summed E-state index contributed by atoms with van der Waals surface area (Å²) in [7, 11) is 0. The zero-order valence-electron chi connectivity index (χ0n) is 11.0. The monoisotopic (exact) mass is 238 g/mol. The van der Waals surface area contributed by atoms with Gasteiger partial charge in [0, 0.05) is 18.5 Å². The number of carbonyl (C=O) groups is 2. The van der Waals surface area contributed by atoms with Crippen molar-refractivity contribution in [1.82, 2.24) is 10.2 Å². The summed E-state index contributed by atoms with van der Waals surface area (Å²) in [5.74, 6) is 0.0568. The minimum atomic E-state index is -0.759. The van der Waals surface area contributed by atoms with Gasteiger partial charge in [0.15, 0.2) is 0 Å². The summed E-state index contributed by atoms with van der Waals surface area (Å²) in [5, 5.41) is 2.81. The Morgan fingerprint density at radius 2 is 1.94 bits per heavy atom. The number of nitrogens with zero attached hydrogens (tertiary/aromatic N) is 1. The van der Waals surface area contributed by atoms with Crippen LogP contribution in [0.4, 0.5) is 0 Å². The molecule has 4 heteroatoms. The molecule has 1 aliphatic heterocycles. The molecule has 0 atom stereocenters. The molecule has 4 nitrogen and oxygen atoms in total. The van der Waals surface area contributed by atoms with Crippen molar-refractivity contribution in [3.63, 3.8) is 0 Å². The number of carbonyl (C=O) groups excluding carboxylic acids is 2. The topological polar surface area (TPSA) is 49.4 Å². The van der Waals surface area contributed by atoms with Gasteiger partial charge in [0.05, 0.1) is 0 Å². The maximum Gasteiger partial charge on any atom is 0.248 e. The molecule has 17 heavy (non-hydrogen) atoms. The van der Waals surface area contributed by atoms with Crippen molar-refractivity contribution in [2.75, 3.05) is 6.54 Å². The highest BCUT2D eigenvalue weighted by Crippen LogP contribution is 2.41. The third-order valence-electron chi connectivity index (χ3n) is 4.31. The molecule has 2 amide bonds. The van der Waals surface area contributed by atoms with E-state index >= 15 is 0 Å². The first-order valence-electron chi connectivity index (χ1n) is 6.54. The Morgan fingerprint density at radius 1 is 1.29 bits per heavy atom. The molecule has 2 aliphatic rings. The van der Waals surface area contributed by atoms with Gasteiger partial charge in [-0.15, -0.1) is 0 Å². The van der Waals surface area contributed by atoms with E-state index in [9.17, 15) is 9.59 Å². The van der Waals surface area contributed by atoms with Crippen LogP contribution in [0, 0.1) is 0 Å². The van der Waals surface area contributed by atoms with E-state index in [1.54, 1.807) is 13.8 Å². The van der Waals surface area contributed by atoms with Gasteiger partial charge in [-0.1, -0.05) is 6.92 Å². The first kappa shape index (κ1) is 12.4. The molecule has 0 aromatic heterocycles. The molecular weight excluding hydrogens is 216 g/mol. The highest BCUT2D eigenvalue weighted by Gasteiger charge is 2.48. The summed E-state index contributed by atoms with van der Waals surface area (Å²) in [5.41, 5.74) is -0.730. The molecule has 0 radical (unpaired) electrons. The van der Waals surface area contributed by atoms with Crippen LogP contribution in [0.15, 0.2) is 0 Å². The largest absolute Gasteiger partial charge is 0.342 e. The van der Waals surface area contributed by atoms with Crippen molar-refractivity contribution in [3.05, 3.63) is 0 Å². The van der Waals surface area contributed by atoms with E-state index < -0.39 is 5.54 Å². The molecule has 1 saturated heterocycles. The molecule has 1 aliphatic carbocycles. The summed E-state index contributed by atoms with van der Waals surface area (Å²) in [6.45, 7) is 6.31. The molecule has 0 spiro atoms. The lowest BCUT2D eigenvalue weighted by molar-refractivity contribution is -0.147. The van der Waals surface area contributed by atoms with Crippen LogP contribution in [0.5, 0.6) is 0 Å². The number of hydrogen-bond donors (Lipinski definition) is 1. The lowest BCUT2D eigenvalue weighted by Gasteiger charge is -2.51. The first-order chi connectivity index (χ1) is 7.91. The van der Waals surface area contributed by atoms with Gasteiger partial charge in [-0.25, -0.2) is 0 Å². The Balaban J connectivity index is 2.27. The normalized spacial score (nSPS) is 27.1. The Morgan fingerprint density at radius 3 is 2.41 bits per heavy atom. The summed E-state index contributed by atoms with van der Waals surface area (Å²) in [6, 6.07) is 0. The molecule has 96 valence electrons. The average molecular weight is 238 g/mol. The van der Waals surface area contributed by atoms with E-state index in [0.29, 0.717) is 13.0 Å². The predicted octanol–water partition coefficient (Wildman–Crippen LogP) is 1.45. The van der Waals surface area contributed by atoms with Gasteiger partial charge in [0.2, 0.25) is 11.8 Å². The maximum absolute atomic E-state index is 12.5. The van der Waals surface area contributed by atoms with Gasteiger partial charge in [-0.3, -0.25) is 9.59 Å². The second-order valence-corrected chi connectivity index (χ2v) is 5.81. The fourth-order valence-corrected chi connectivity index (χ4v) is 2.97. The van der Waals surface area contributed by atoms with E-state index in [1.807, 2.05) is 4.90 Å². The van der Waals surface area contributed by atoms with Crippen molar-refractivity contribution in [2.24, 2.45) is 0 Å². The Bertz CT molecular complexity index is 340. The summed E-state index contributed by atoms with van der Waals surface area (Å²) in [4.78, 5) is 26.1. The standard InChI is InChI=1S/C13H22N2O2/c1-4-13(7-5-8-13)15-9-6-10(16)14-12(2,3)11(15)17/h4-9H2,1-3H3,(H,14,16). The van der Waals surface area contributed by atoms with Gasteiger partial charge in [0.25, 0.3) is 0 Å². The van der Waals surface area contributed by atoms with Crippen molar-refractivity contribution >= 4 is 11.8 Å². The fourth-order valence-electron chi connectivity index (χ4n) is 2.97. The van der Waals surface area contributed by atoms with Crippen LogP contribution in [-0.2, 0) is 9.59 Å². The number of hydrogen-bond acceptors (Lipinski definition) is 2. The predicted molar refractivity (Wildman–Crippen MR) is 65.4 cm³/mol. The van der Waals surface area contributed by atoms with Crippen LogP contribution in [0.1, 0.15) is 52.9 Å². The van der Waals surface area contributed by atoms with Crippen molar-refractivity contribution in [2.45, 2.75) is 64.0 Å². The number of amides is 2. The van der Waals surface area contributed by atoms with Crippen LogP contribution in [0.25, 0.3) is 0 Å². The third-order valence-corrected chi connectivity index (χ3v) is 4.31. The van der Waals surface area contributed by atoms with Gasteiger partial charge >= 0.3 is 0 Å². The minimum absolute atomic E-state index is 0.0172. The zero-order valence-corrected chi connectivity index (χ0v) is 11.0. The Hall–Kier alpha value is -1.06. The SMILES string of the molecule is CCC1(N2CCC(=O)NC(C)(C)C2=O)CCC1. The zero-order chi connectivity index (χ0) is 12.7. The van der Waals surface area contributed by atoms with Crippen LogP contribution >= 0.6 is 0 Å². The summed E-state index contributed by atoms with van der Waals surface area (Å²) >= 11 is 0. The Kier molecular flexibility index (Phi) is 2.92. The van der Waals surface area contributed by atoms with Crippen molar-refractivity contribution < 1.29 is 9.59 Å². The van der Waals surface area contributed by atoms with Crippen LogP contribution in [0.3, 0.4) is 0 Å². The average Bonchev–Trinajstić information content (AvgIpc) is 2.28. The number of nitrogens with one attached hydrogen (secondary N) is 1. The molecule has 2 rings (SSSR count). The van der Waals surface area contributed by atoms with E-state index in [2.05, 4.69) is 12.2 Å². The quantitative estimate of drug-likeness (QED) is 0.791.